The molecule has 20 heavy (non-hydrogen) atoms. The Labute approximate surface area is 124 Å². The van der Waals surface area contributed by atoms with Crippen LogP contribution in [0.1, 0.15) is 44.3 Å². The average molecular weight is 296 g/mol. The maximum absolute atomic E-state index is 12.2. The second-order valence-electron chi connectivity index (χ2n) is 5.44. The Bertz CT molecular complexity index is 400. The average Bonchev–Trinajstić information content (AvgIpc) is 2.86. The van der Waals surface area contributed by atoms with Gasteiger partial charge < -0.3 is 10.4 Å². The molecule has 2 atom stereocenters. The van der Waals surface area contributed by atoms with Gasteiger partial charge in [-0.15, -0.1) is 0 Å². The molecule has 1 aromatic heterocycles. The minimum Gasteiger partial charge on any atom is -0.387 e. The van der Waals surface area contributed by atoms with E-state index < -0.39 is 6.10 Å². The molecule has 0 spiro atoms. The molecule has 1 fully saturated rings. The Balaban J connectivity index is 1.78. The lowest BCUT2D eigenvalue weighted by molar-refractivity contribution is -0.126. The molecule has 1 amide bonds. The van der Waals surface area contributed by atoms with E-state index in [2.05, 4.69) is 10.2 Å². The van der Waals surface area contributed by atoms with Crippen molar-refractivity contribution < 1.29 is 9.90 Å². The van der Waals surface area contributed by atoms with Gasteiger partial charge in [-0.25, -0.2) is 0 Å². The number of aliphatic hydroxyl groups is 1. The van der Waals surface area contributed by atoms with E-state index >= 15 is 0 Å². The first-order valence-electron chi connectivity index (χ1n) is 7.40. The van der Waals surface area contributed by atoms with E-state index in [1.54, 1.807) is 11.3 Å². The summed E-state index contributed by atoms with van der Waals surface area (Å²) in [5, 5.41) is 16.7. The van der Waals surface area contributed by atoms with E-state index in [4.69, 9.17) is 0 Å². The number of nitrogens with one attached hydrogen (secondary N) is 1. The van der Waals surface area contributed by atoms with Gasteiger partial charge in [0.25, 0.3) is 0 Å². The Morgan fingerprint density at radius 3 is 2.70 bits per heavy atom. The predicted octanol–water partition coefficient (Wildman–Crippen LogP) is 2.16. The normalized spacial score (nSPS) is 20.1. The van der Waals surface area contributed by atoms with Gasteiger partial charge in [0.2, 0.25) is 5.91 Å². The van der Waals surface area contributed by atoms with Crippen LogP contribution in [0.4, 0.5) is 0 Å². The molecule has 0 radical (unpaired) electrons. The summed E-state index contributed by atoms with van der Waals surface area (Å²) in [4.78, 5) is 14.4. The van der Waals surface area contributed by atoms with E-state index in [1.807, 2.05) is 23.8 Å². The molecular weight excluding hydrogens is 272 g/mol. The molecule has 0 saturated carbocycles. The number of hydrogen-bond acceptors (Lipinski definition) is 4. The Morgan fingerprint density at radius 2 is 2.10 bits per heavy atom. The van der Waals surface area contributed by atoms with E-state index in [0.29, 0.717) is 0 Å². The first-order chi connectivity index (χ1) is 9.68. The van der Waals surface area contributed by atoms with Gasteiger partial charge in [0, 0.05) is 6.54 Å². The lowest BCUT2D eigenvalue weighted by Crippen LogP contribution is -2.46. The molecule has 2 unspecified atom stereocenters. The van der Waals surface area contributed by atoms with Gasteiger partial charge in [0.15, 0.2) is 0 Å². The standard InChI is InChI=1S/C15H24N2O2S/c1-12(17-7-4-2-3-5-8-17)15(19)16-10-14(18)13-6-9-20-11-13/h6,9,11-12,14,18H,2-5,7-8,10H2,1H3,(H,16,19). The molecule has 1 aliphatic rings. The molecule has 1 saturated heterocycles. The maximum atomic E-state index is 12.2. The summed E-state index contributed by atoms with van der Waals surface area (Å²) in [7, 11) is 0. The van der Waals surface area contributed by atoms with Crippen molar-refractivity contribution in [3.8, 4) is 0 Å². The number of aliphatic hydroxyl groups excluding tert-OH is 1. The van der Waals surface area contributed by atoms with Gasteiger partial charge in [-0.2, -0.15) is 11.3 Å². The summed E-state index contributed by atoms with van der Waals surface area (Å²) in [6.07, 6.45) is 4.27. The van der Waals surface area contributed by atoms with Gasteiger partial charge in [0.05, 0.1) is 12.1 Å². The van der Waals surface area contributed by atoms with Gasteiger partial charge in [0.1, 0.15) is 0 Å². The third kappa shape index (κ3) is 4.30. The second-order valence-corrected chi connectivity index (χ2v) is 6.22. The van der Waals surface area contributed by atoms with Crippen LogP contribution < -0.4 is 5.32 Å². The van der Waals surface area contributed by atoms with E-state index in [9.17, 15) is 9.90 Å². The van der Waals surface area contributed by atoms with Crippen molar-refractivity contribution in [1.82, 2.24) is 10.2 Å². The van der Waals surface area contributed by atoms with Crippen LogP contribution in [0.3, 0.4) is 0 Å². The van der Waals surface area contributed by atoms with Gasteiger partial charge in [-0.3, -0.25) is 9.69 Å². The first kappa shape index (κ1) is 15.5. The van der Waals surface area contributed by atoms with E-state index in [0.717, 1.165) is 18.7 Å². The lowest BCUT2D eigenvalue weighted by atomic mass is 10.2. The Morgan fingerprint density at radius 1 is 1.40 bits per heavy atom. The molecule has 4 nitrogen and oxygen atoms in total. The molecule has 2 heterocycles. The molecule has 0 bridgehead atoms. The van der Waals surface area contributed by atoms with Crippen molar-refractivity contribution in [3.63, 3.8) is 0 Å². The van der Waals surface area contributed by atoms with E-state index in [-0.39, 0.29) is 18.5 Å². The zero-order valence-corrected chi connectivity index (χ0v) is 12.9. The number of nitrogens with zero attached hydrogens (tertiary/aromatic N) is 1. The molecular formula is C15H24N2O2S. The molecule has 0 aromatic carbocycles. The first-order valence-corrected chi connectivity index (χ1v) is 8.34. The highest BCUT2D eigenvalue weighted by Crippen LogP contribution is 2.16. The minimum atomic E-state index is -0.610. The smallest absolute Gasteiger partial charge is 0.237 e. The zero-order chi connectivity index (χ0) is 14.4. The van der Waals surface area contributed by atoms with Crippen LogP contribution in [0.15, 0.2) is 16.8 Å². The number of likely N-dealkylation sites (tertiary alicyclic amines) is 1. The topological polar surface area (TPSA) is 52.6 Å². The maximum Gasteiger partial charge on any atom is 0.237 e. The van der Waals surface area contributed by atoms with Crippen LogP contribution in [0.25, 0.3) is 0 Å². The van der Waals surface area contributed by atoms with Crippen LogP contribution in [0.2, 0.25) is 0 Å². The molecule has 2 rings (SSSR count). The van der Waals surface area contributed by atoms with Crippen molar-refractivity contribution in [2.75, 3.05) is 19.6 Å². The van der Waals surface area contributed by atoms with E-state index in [1.165, 1.54) is 25.7 Å². The highest BCUT2D eigenvalue weighted by molar-refractivity contribution is 7.07. The quantitative estimate of drug-likeness (QED) is 0.875. The third-order valence-electron chi connectivity index (χ3n) is 3.97. The van der Waals surface area contributed by atoms with Crippen molar-refractivity contribution in [1.29, 1.82) is 0 Å². The fourth-order valence-corrected chi connectivity index (χ4v) is 3.28. The molecule has 1 aliphatic heterocycles. The van der Waals surface area contributed by atoms with Crippen molar-refractivity contribution in [3.05, 3.63) is 22.4 Å². The fraction of sp³-hybridized carbons (Fsp3) is 0.667. The van der Waals surface area contributed by atoms with Crippen molar-refractivity contribution in [2.24, 2.45) is 0 Å². The fourth-order valence-electron chi connectivity index (χ4n) is 2.58. The van der Waals surface area contributed by atoms with Crippen LogP contribution >= 0.6 is 11.3 Å². The lowest BCUT2D eigenvalue weighted by Gasteiger charge is -2.26. The summed E-state index contributed by atoms with van der Waals surface area (Å²) in [5.74, 6) is 0.0150. The molecule has 0 aliphatic carbocycles. The number of hydrogen-bond donors (Lipinski definition) is 2. The number of carbonyl (C=O) groups is 1. The van der Waals surface area contributed by atoms with Gasteiger partial charge in [-0.05, 0) is 55.2 Å². The monoisotopic (exact) mass is 296 g/mol. The van der Waals surface area contributed by atoms with Gasteiger partial charge in [-0.1, -0.05) is 12.8 Å². The Kier molecular flexibility index (Phi) is 6.01. The molecule has 1 aromatic rings. The predicted molar refractivity (Wildman–Crippen MR) is 81.8 cm³/mol. The molecule has 5 heteroatoms. The Hall–Kier alpha value is -0.910. The third-order valence-corrected chi connectivity index (χ3v) is 4.67. The summed E-state index contributed by atoms with van der Waals surface area (Å²) in [6, 6.07) is 1.78. The summed E-state index contributed by atoms with van der Waals surface area (Å²) < 4.78 is 0. The molecule has 2 N–H and O–H groups in total. The van der Waals surface area contributed by atoms with Crippen molar-refractivity contribution >= 4 is 17.2 Å². The number of amides is 1. The molecule has 112 valence electrons. The summed E-state index contributed by atoms with van der Waals surface area (Å²) in [5.41, 5.74) is 0.873. The largest absolute Gasteiger partial charge is 0.387 e. The second kappa shape index (κ2) is 7.76. The van der Waals surface area contributed by atoms with Crippen LogP contribution in [-0.4, -0.2) is 41.6 Å². The van der Waals surface area contributed by atoms with Gasteiger partial charge >= 0.3 is 0 Å². The number of rotatable bonds is 5. The zero-order valence-electron chi connectivity index (χ0n) is 12.0. The van der Waals surface area contributed by atoms with Crippen LogP contribution in [0.5, 0.6) is 0 Å². The minimum absolute atomic E-state index is 0.0150. The highest BCUT2D eigenvalue weighted by atomic mass is 32.1. The highest BCUT2D eigenvalue weighted by Gasteiger charge is 2.22. The summed E-state index contributed by atoms with van der Waals surface area (Å²) >= 11 is 1.55. The summed E-state index contributed by atoms with van der Waals surface area (Å²) in [6.45, 7) is 4.24. The number of carbonyl (C=O) groups excluding carboxylic acids is 1. The van der Waals surface area contributed by atoms with Crippen molar-refractivity contribution in [2.45, 2.75) is 44.8 Å². The number of thiophene rings is 1. The van der Waals surface area contributed by atoms with Crippen LogP contribution in [0, 0.1) is 0 Å². The SMILES string of the molecule is CC(C(=O)NCC(O)c1ccsc1)N1CCCCCC1. The van der Waals surface area contributed by atoms with Crippen LogP contribution in [-0.2, 0) is 4.79 Å².